The Morgan fingerprint density at radius 1 is 1.52 bits per heavy atom. The maximum atomic E-state index is 12.5. The van der Waals surface area contributed by atoms with Gasteiger partial charge in [0.15, 0.2) is 11.5 Å². The number of ether oxygens (including phenoxy) is 2. The second-order valence-corrected chi connectivity index (χ2v) is 4.49. The maximum Gasteiger partial charge on any atom is 0.387 e. The van der Waals surface area contributed by atoms with Crippen molar-refractivity contribution in [2.24, 2.45) is 11.0 Å². The molecule has 0 heterocycles. The number of carbonyl (C=O) groups is 1. The van der Waals surface area contributed by atoms with E-state index in [4.69, 9.17) is 4.74 Å². The molecule has 0 bridgehead atoms. The van der Waals surface area contributed by atoms with Gasteiger partial charge in [-0.25, -0.2) is 5.43 Å². The number of nitrogens with one attached hydrogen (secondary N) is 1. The largest absolute Gasteiger partial charge is 0.490 e. The van der Waals surface area contributed by atoms with Gasteiger partial charge < -0.3 is 9.47 Å². The fourth-order valence-corrected chi connectivity index (χ4v) is 1.72. The minimum atomic E-state index is -2.97. The van der Waals surface area contributed by atoms with Crippen LogP contribution >= 0.6 is 0 Å². The lowest BCUT2D eigenvalue weighted by Crippen LogP contribution is -2.19. The van der Waals surface area contributed by atoms with Crippen molar-refractivity contribution in [1.82, 2.24) is 5.43 Å². The van der Waals surface area contributed by atoms with Gasteiger partial charge in [0.2, 0.25) is 5.91 Å². The van der Waals surface area contributed by atoms with Gasteiger partial charge in [-0.1, -0.05) is 6.07 Å². The van der Waals surface area contributed by atoms with Crippen molar-refractivity contribution in [3.63, 3.8) is 0 Å². The fourth-order valence-electron chi connectivity index (χ4n) is 1.72. The number of amides is 1. The van der Waals surface area contributed by atoms with Crippen LogP contribution in [0.1, 0.15) is 25.3 Å². The predicted octanol–water partition coefficient (Wildman–Crippen LogP) is 2.55. The molecule has 7 heteroatoms. The number of hydrogen-bond donors (Lipinski definition) is 1. The summed E-state index contributed by atoms with van der Waals surface area (Å²) in [5.74, 6) is -0.0359. The highest BCUT2D eigenvalue weighted by Crippen LogP contribution is 2.32. The Balaban J connectivity index is 2.13. The molecule has 0 aromatic heterocycles. The molecule has 2 rings (SSSR count). The summed E-state index contributed by atoms with van der Waals surface area (Å²) in [5, 5.41) is 3.77. The first-order valence-corrected chi connectivity index (χ1v) is 6.65. The summed E-state index contributed by atoms with van der Waals surface area (Å²) in [4.78, 5) is 11.4. The normalized spacial score (nSPS) is 14.5. The third kappa shape index (κ3) is 4.40. The molecule has 0 aliphatic heterocycles. The lowest BCUT2D eigenvalue weighted by molar-refractivity contribution is -0.122. The summed E-state index contributed by atoms with van der Waals surface area (Å²) >= 11 is 0. The second-order valence-electron chi connectivity index (χ2n) is 4.49. The van der Waals surface area contributed by atoms with Gasteiger partial charge in [0, 0.05) is 11.5 Å². The summed E-state index contributed by atoms with van der Waals surface area (Å²) in [5.41, 5.74) is 2.67. The Morgan fingerprint density at radius 3 is 2.90 bits per heavy atom. The van der Waals surface area contributed by atoms with Crippen LogP contribution in [0.15, 0.2) is 23.3 Å². The Hall–Kier alpha value is -2.18. The molecule has 1 aromatic carbocycles. The summed E-state index contributed by atoms with van der Waals surface area (Å²) in [7, 11) is 0. The molecule has 1 aliphatic carbocycles. The Kier molecular flexibility index (Phi) is 5.08. The zero-order chi connectivity index (χ0) is 15.2. The molecule has 0 spiro atoms. The molecular formula is C14H16F2N2O3. The molecule has 0 atom stereocenters. The SMILES string of the molecule is CCOc1cccc(/C=N\NC(=O)C2CC2)c1OC(F)F. The van der Waals surface area contributed by atoms with E-state index in [9.17, 15) is 13.6 Å². The van der Waals surface area contributed by atoms with E-state index in [0.29, 0.717) is 12.2 Å². The number of halogens is 2. The Morgan fingerprint density at radius 2 is 2.29 bits per heavy atom. The average molecular weight is 298 g/mol. The average Bonchev–Trinajstić information content (AvgIpc) is 3.26. The van der Waals surface area contributed by atoms with Crippen LogP contribution in [0.2, 0.25) is 0 Å². The standard InChI is InChI=1S/C14H16F2N2O3/c1-2-20-11-5-3-4-10(12(11)21-14(15)16)8-17-18-13(19)9-6-7-9/h3-5,8-9,14H,2,6-7H2,1H3,(H,18,19)/b17-8-. The van der Waals surface area contributed by atoms with Gasteiger partial charge in [-0.05, 0) is 31.9 Å². The van der Waals surface area contributed by atoms with E-state index in [1.165, 1.54) is 12.3 Å². The maximum absolute atomic E-state index is 12.5. The monoisotopic (exact) mass is 298 g/mol. The van der Waals surface area contributed by atoms with Gasteiger partial charge in [-0.2, -0.15) is 13.9 Å². The van der Waals surface area contributed by atoms with E-state index in [0.717, 1.165) is 12.8 Å². The molecule has 5 nitrogen and oxygen atoms in total. The first-order valence-electron chi connectivity index (χ1n) is 6.65. The minimum Gasteiger partial charge on any atom is -0.490 e. The molecular weight excluding hydrogens is 282 g/mol. The third-order valence-electron chi connectivity index (χ3n) is 2.84. The highest BCUT2D eigenvalue weighted by atomic mass is 19.3. The van der Waals surface area contributed by atoms with Crippen LogP contribution < -0.4 is 14.9 Å². The van der Waals surface area contributed by atoms with Crippen LogP contribution in [0.4, 0.5) is 8.78 Å². The minimum absolute atomic E-state index is 0.0219. The Labute approximate surface area is 120 Å². The summed E-state index contributed by atoms with van der Waals surface area (Å²) in [6.45, 7) is -0.915. The number of alkyl halides is 2. The quantitative estimate of drug-likeness (QED) is 0.621. The van der Waals surface area contributed by atoms with E-state index in [1.807, 2.05) is 0 Å². The van der Waals surface area contributed by atoms with Crippen molar-refractivity contribution in [3.8, 4) is 11.5 Å². The van der Waals surface area contributed by atoms with Crippen LogP contribution in [0.25, 0.3) is 0 Å². The number of hydrogen-bond acceptors (Lipinski definition) is 4. The molecule has 1 N–H and O–H groups in total. The third-order valence-corrected chi connectivity index (χ3v) is 2.84. The summed E-state index contributed by atoms with van der Waals surface area (Å²) in [6, 6.07) is 4.71. The van der Waals surface area contributed by atoms with E-state index < -0.39 is 6.61 Å². The van der Waals surface area contributed by atoms with Crippen molar-refractivity contribution in [3.05, 3.63) is 23.8 Å². The molecule has 114 valence electrons. The van der Waals surface area contributed by atoms with Crippen LogP contribution in [-0.2, 0) is 4.79 Å². The molecule has 0 radical (unpaired) electrons. The van der Waals surface area contributed by atoms with E-state index in [-0.39, 0.29) is 23.3 Å². The highest BCUT2D eigenvalue weighted by molar-refractivity contribution is 5.87. The second kappa shape index (κ2) is 7.01. The molecule has 21 heavy (non-hydrogen) atoms. The van der Waals surface area contributed by atoms with Crippen molar-refractivity contribution < 1.29 is 23.0 Å². The molecule has 1 saturated carbocycles. The van der Waals surface area contributed by atoms with Gasteiger partial charge in [0.1, 0.15) is 0 Å². The van der Waals surface area contributed by atoms with Gasteiger partial charge in [-0.3, -0.25) is 4.79 Å². The first kappa shape index (κ1) is 15.2. The number of hydrazone groups is 1. The molecule has 1 amide bonds. The lowest BCUT2D eigenvalue weighted by atomic mass is 10.2. The van der Waals surface area contributed by atoms with Crippen molar-refractivity contribution in [1.29, 1.82) is 0 Å². The summed E-state index contributed by atoms with van der Waals surface area (Å²) in [6.07, 6.45) is 2.99. The van der Waals surface area contributed by atoms with Gasteiger partial charge in [-0.15, -0.1) is 0 Å². The smallest absolute Gasteiger partial charge is 0.387 e. The number of benzene rings is 1. The number of nitrogens with zero attached hydrogens (tertiary/aromatic N) is 1. The number of carbonyl (C=O) groups excluding carboxylic acids is 1. The lowest BCUT2D eigenvalue weighted by Gasteiger charge is -2.13. The molecule has 1 aliphatic rings. The summed E-state index contributed by atoms with van der Waals surface area (Å²) < 4.78 is 34.7. The zero-order valence-electron chi connectivity index (χ0n) is 11.5. The number of rotatable bonds is 7. The number of para-hydroxylation sites is 1. The van der Waals surface area contributed by atoms with Gasteiger partial charge in [0.05, 0.1) is 12.8 Å². The fraction of sp³-hybridized carbons (Fsp3) is 0.429. The van der Waals surface area contributed by atoms with E-state index in [1.54, 1.807) is 19.1 Å². The zero-order valence-corrected chi connectivity index (χ0v) is 11.5. The predicted molar refractivity (Wildman–Crippen MR) is 72.7 cm³/mol. The van der Waals surface area contributed by atoms with Crippen LogP contribution in [0.5, 0.6) is 11.5 Å². The van der Waals surface area contributed by atoms with Crippen molar-refractivity contribution >= 4 is 12.1 Å². The van der Waals surface area contributed by atoms with Crippen molar-refractivity contribution in [2.45, 2.75) is 26.4 Å². The molecule has 0 unspecified atom stereocenters. The van der Waals surface area contributed by atoms with Crippen molar-refractivity contribution in [2.75, 3.05) is 6.61 Å². The van der Waals surface area contributed by atoms with E-state index >= 15 is 0 Å². The molecule has 0 saturated heterocycles. The van der Waals surface area contributed by atoms with Gasteiger partial charge in [0.25, 0.3) is 0 Å². The first-order chi connectivity index (χ1) is 10.1. The van der Waals surface area contributed by atoms with Crippen LogP contribution in [0, 0.1) is 5.92 Å². The Bertz CT molecular complexity index is 531. The van der Waals surface area contributed by atoms with Crippen LogP contribution in [0.3, 0.4) is 0 Å². The van der Waals surface area contributed by atoms with Gasteiger partial charge >= 0.3 is 6.61 Å². The van der Waals surface area contributed by atoms with E-state index in [2.05, 4.69) is 15.3 Å². The molecule has 1 aromatic rings. The molecule has 1 fully saturated rings. The van der Waals surface area contributed by atoms with Crippen LogP contribution in [-0.4, -0.2) is 25.3 Å². The highest BCUT2D eigenvalue weighted by Gasteiger charge is 2.29. The topological polar surface area (TPSA) is 59.9 Å².